The first kappa shape index (κ1) is 29.4. The lowest BCUT2D eigenvalue weighted by atomic mass is 9.78. The Morgan fingerprint density at radius 1 is 1.12 bits per heavy atom. The number of aliphatic carboxylic acids is 2. The second-order valence-electron chi connectivity index (χ2n) is 7.18. The lowest BCUT2D eigenvalue weighted by Crippen LogP contribution is -2.46. The Bertz CT molecular complexity index is 774. The Morgan fingerprint density at radius 3 is 2.12 bits per heavy atom. The topological polar surface area (TPSA) is 118 Å². The third-order valence-electron chi connectivity index (χ3n) is 4.96. The molecular weight excluding hydrogens is 485 g/mol. The van der Waals surface area contributed by atoms with Crippen molar-refractivity contribution in [1.82, 2.24) is 10.3 Å². The van der Waals surface area contributed by atoms with Crippen LogP contribution in [0.4, 0.5) is 30.7 Å². The minimum atomic E-state index is -5.08. The van der Waals surface area contributed by atoms with E-state index in [-0.39, 0.29) is 11.5 Å². The van der Waals surface area contributed by atoms with Crippen molar-refractivity contribution in [2.75, 3.05) is 26.3 Å². The number of carboxylic acid groups (broad SMARTS) is 2. The predicted octanol–water partition coefficient (Wildman–Crippen LogP) is 3.41. The van der Waals surface area contributed by atoms with Crippen LogP contribution in [0.25, 0.3) is 0 Å². The van der Waals surface area contributed by atoms with E-state index in [0.29, 0.717) is 12.5 Å². The maximum Gasteiger partial charge on any atom is 0.490 e. The highest BCUT2D eigenvalue weighted by atomic mass is 19.4. The van der Waals surface area contributed by atoms with Gasteiger partial charge >= 0.3 is 24.3 Å². The highest BCUT2D eigenvalue weighted by Crippen LogP contribution is 2.41. The number of rotatable bonds is 4. The van der Waals surface area contributed by atoms with Crippen molar-refractivity contribution in [2.45, 2.75) is 43.6 Å². The Hall–Kier alpha value is -2.68. The highest BCUT2D eigenvalue weighted by molar-refractivity contribution is 5.73. The number of hydrogen-bond acceptors (Lipinski definition) is 6. The molecule has 2 aliphatic rings. The van der Waals surface area contributed by atoms with E-state index in [4.69, 9.17) is 29.3 Å². The molecule has 0 radical (unpaired) electrons. The molecule has 0 saturated carbocycles. The van der Waals surface area contributed by atoms with Gasteiger partial charge in [-0.2, -0.15) is 26.3 Å². The molecule has 1 aromatic heterocycles. The molecule has 1 unspecified atom stereocenters. The fourth-order valence-electron chi connectivity index (χ4n) is 3.37. The standard InChI is InChI=1S/C15H21FN2O2.2C2HF3O2/c16-13-2-1-7-18-14(13)19-10-3-12-4-11-20-15(12)5-8-17-9-6-15;2*3-2(4,5)1(6)7/h1-2,7,12,17H,3-6,8-11H2;2*(H,6,7). The second-order valence-corrected chi connectivity index (χ2v) is 7.18. The number of halogens is 7. The van der Waals surface area contributed by atoms with E-state index in [0.717, 1.165) is 45.4 Å². The van der Waals surface area contributed by atoms with Gasteiger partial charge in [0, 0.05) is 12.8 Å². The SMILES string of the molecule is Fc1cccnc1OCCC1CCOC12CCNCC2.O=C(O)C(F)(F)F.O=C(O)C(F)(F)F. The summed E-state index contributed by atoms with van der Waals surface area (Å²) in [5, 5.41) is 17.6. The molecule has 0 bridgehead atoms. The first-order chi connectivity index (χ1) is 15.7. The number of pyridine rings is 1. The minimum absolute atomic E-state index is 0.0251. The van der Waals surface area contributed by atoms with Gasteiger partial charge in [0.05, 0.1) is 12.2 Å². The molecule has 3 rings (SSSR count). The van der Waals surface area contributed by atoms with E-state index >= 15 is 0 Å². The van der Waals surface area contributed by atoms with Gasteiger partial charge < -0.3 is 25.0 Å². The van der Waals surface area contributed by atoms with E-state index in [1.807, 2.05) is 0 Å². The molecule has 3 N–H and O–H groups in total. The zero-order chi connectivity index (χ0) is 26.0. The van der Waals surface area contributed by atoms with Crippen LogP contribution < -0.4 is 10.1 Å². The van der Waals surface area contributed by atoms with Crippen molar-refractivity contribution in [3.63, 3.8) is 0 Å². The molecule has 0 aliphatic carbocycles. The summed E-state index contributed by atoms with van der Waals surface area (Å²) in [6, 6.07) is 2.94. The van der Waals surface area contributed by atoms with Gasteiger partial charge in [-0.1, -0.05) is 0 Å². The fraction of sp³-hybridized carbons (Fsp3) is 0.632. The van der Waals surface area contributed by atoms with E-state index < -0.39 is 30.1 Å². The molecule has 15 heteroatoms. The van der Waals surface area contributed by atoms with Crippen molar-refractivity contribution in [3.8, 4) is 5.88 Å². The maximum atomic E-state index is 13.4. The third-order valence-corrected chi connectivity index (χ3v) is 4.96. The number of alkyl halides is 6. The molecule has 1 aromatic rings. The summed E-state index contributed by atoms with van der Waals surface area (Å²) in [7, 11) is 0. The molecule has 2 aliphatic heterocycles. The maximum absolute atomic E-state index is 13.4. The number of carbonyl (C=O) groups is 2. The van der Waals surface area contributed by atoms with Crippen LogP contribution in [0.15, 0.2) is 18.3 Å². The first-order valence-corrected chi connectivity index (χ1v) is 9.87. The van der Waals surface area contributed by atoms with Crippen LogP contribution in [0.5, 0.6) is 5.88 Å². The zero-order valence-electron chi connectivity index (χ0n) is 17.6. The van der Waals surface area contributed by atoms with Gasteiger partial charge in [0.25, 0.3) is 0 Å². The molecule has 34 heavy (non-hydrogen) atoms. The fourth-order valence-corrected chi connectivity index (χ4v) is 3.37. The van der Waals surface area contributed by atoms with E-state index in [9.17, 15) is 30.7 Å². The van der Waals surface area contributed by atoms with Crippen molar-refractivity contribution in [3.05, 3.63) is 24.1 Å². The summed E-state index contributed by atoms with van der Waals surface area (Å²) in [4.78, 5) is 21.7. The average molecular weight is 508 g/mol. The third kappa shape index (κ3) is 9.67. The van der Waals surface area contributed by atoms with E-state index in [2.05, 4.69) is 10.3 Å². The summed E-state index contributed by atoms with van der Waals surface area (Å²) in [6.07, 6.45) is -4.51. The van der Waals surface area contributed by atoms with Crippen LogP contribution in [-0.4, -0.2) is 71.4 Å². The van der Waals surface area contributed by atoms with Gasteiger partial charge in [0.2, 0.25) is 5.88 Å². The van der Waals surface area contributed by atoms with Gasteiger partial charge in [0.15, 0.2) is 5.82 Å². The molecular formula is C19H23F7N2O6. The quantitative estimate of drug-likeness (QED) is 0.530. The number of piperidine rings is 1. The lowest BCUT2D eigenvalue weighted by molar-refractivity contribution is -0.193. The number of carboxylic acids is 2. The number of nitrogens with zero attached hydrogens (tertiary/aromatic N) is 1. The number of ether oxygens (including phenoxy) is 2. The largest absolute Gasteiger partial charge is 0.490 e. The zero-order valence-corrected chi connectivity index (χ0v) is 17.6. The monoisotopic (exact) mass is 508 g/mol. The molecule has 0 amide bonds. The Morgan fingerprint density at radius 2 is 1.65 bits per heavy atom. The lowest BCUT2D eigenvalue weighted by Gasteiger charge is -2.38. The van der Waals surface area contributed by atoms with Gasteiger partial charge in [-0.25, -0.2) is 19.0 Å². The Kier molecular flexibility index (Phi) is 11.0. The van der Waals surface area contributed by atoms with Crippen molar-refractivity contribution >= 4 is 11.9 Å². The van der Waals surface area contributed by atoms with Gasteiger partial charge in [-0.15, -0.1) is 0 Å². The predicted molar refractivity (Wildman–Crippen MR) is 101 cm³/mol. The summed E-state index contributed by atoms with van der Waals surface area (Å²) in [5.74, 6) is -5.30. The van der Waals surface area contributed by atoms with Gasteiger partial charge in [-0.3, -0.25) is 0 Å². The van der Waals surface area contributed by atoms with Crippen LogP contribution >= 0.6 is 0 Å². The Balaban J connectivity index is 0.000000343. The van der Waals surface area contributed by atoms with Crippen LogP contribution in [0, 0.1) is 11.7 Å². The van der Waals surface area contributed by atoms with E-state index in [1.165, 1.54) is 6.07 Å². The molecule has 8 nitrogen and oxygen atoms in total. The summed E-state index contributed by atoms with van der Waals surface area (Å²) < 4.78 is 88.4. The molecule has 3 heterocycles. The molecule has 0 aromatic carbocycles. The van der Waals surface area contributed by atoms with Crippen molar-refractivity contribution in [1.29, 1.82) is 0 Å². The number of aromatic nitrogens is 1. The smallest absolute Gasteiger partial charge is 0.476 e. The van der Waals surface area contributed by atoms with Gasteiger partial charge in [-0.05, 0) is 56.8 Å². The van der Waals surface area contributed by atoms with Crippen molar-refractivity contribution < 1.29 is 60.0 Å². The molecule has 2 saturated heterocycles. The molecule has 2 fully saturated rings. The summed E-state index contributed by atoms with van der Waals surface area (Å²) >= 11 is 0. The average Bonchev–Trinajstić information content (AvgIpc) is 3.11. The van der Waals surface area contributed by atoms with Crippen LogP contribution in [0.3, 0.4) is 0 Å². The number of hydrogen-bond donors (Lipinski definition) is 3. The molecule has 1 atom stereocenters. The number of nitrogens with one attached hydrogen (secondary N) is 1. The van der Waals surface area contributed by atoms with E-state index in [1.54, 1.807) is 12.3 Å². The van der Waals surface area contributed by atoms with Gasteiger partial charge in [0.1, 0.15) is 0 Å². The summed E-state index contributed by atoms with van der Waals surface area (Å²) in [6.45, 7) is 3.37. The van der Waals surface area contributed by atoms with Crippen molar-refractivity contribution in [2.24, 2.45) is 5.92 Å². The Labute approximate surface area is 189 Å². The second kappa shape index (κ2) is 12.7. The van der Waals surface area contributed by atoms with Crippen LogP contribution in [0.1, 0.15) is 25.7 Å². The minimum Gasteiger partial charge on any atom is -0.476 e. The van der Waals surface area contributed by atoms with Crippen LogP contribution in [0.2, 0.25) is 0 Å². The first-order valence-electron chi connectivity index (χ1n) is 9.87. The highest BCUT2D eigenvalue weighted by Gasteiger charge is 2.44. The molecule has 1 spiro atoms. The molecule has 194 valence electrons. The van der Waals surface area contributed by atoms with Crippen LogP contribution in [-0.2, 0) is 14.3 Å². The normalized spacial score (nSPS) is 19.3. The summed E-state index contributed by atoms with van der Waals surface area (Å²) in [5.41, 5.74) is 0.0251.